The normalized spacial score (nSPS) is 13.6. The zero-order valence-corrected chi connectivity index (χ0v) is 14.4. The van der Waals surface area contributed by atoms with Gasteiger partial charge in [0.2, 0.25) is 0 Å². The van der Waals surface area contributed by atoms with E-state index < -0.39 is 0 Å². The molecule has 6 nitrogen and oxygen atoms in total. The molecule has 2 heterocycles. The Kier molecular flexibility index (Phi) is 4.19. The lowest BCUT2D eigenvalue weighted by Crippen LogP contribution is -2.35. The predicted molar refractivity (Wildman–Crippen MR) is 90.1 cm³/mol. The summed E-state index contributed by atoms with van der Waals surface area (Å²) in [7, 11) is 0. The van der Waals surface area contributed by atoms with Gasteiger partial charge in [-0.1, -0.05) is 0 Å². The number of imide groups is 1. The Hall–Kier alpha value is -2.54. The molecule has 2 aromatic rings. The fraction of sp³-hybridized carbons (Fsp3) is 0.294. The summed E-state index contributed by atoms with van der Waals surface area (Å²) >= 11 is 1.52. The molecule has 1 N–H and O–H groups in total. The Morgan fingerprint density at radius 3 is 2.58 bits per heavy atom. The monoisotopic (exact) mass is 343 g/mol. The molecule has 0 radical (unpaired) electrons. The molecule has 124 valence electrons. The van der Waals surface area contributed by atoms with Crippen molar-refractivity contribution in [2.45, 2.75) is 33.4 Å². The van der Waals surface area contributed by atoms with Gasteiger partial charge in [-0.05, 0) is 39.0 Å². The maximum Gasteiger partial charge on any atom is 0.261 e. The largest absolute Gasteiger partial charge is 0.346 e. The highest BCUT2D eigenvalue weighted by Crippen LogP contribution is 2.25. The number of hydrogen-bond acceptors (Lipinski definition) is 5. The van der Waals surface area contributed by atoms with E-state index in [4.69, 9.17) is 0 Å². The molecule has 24 heavy (non-hydrogen) atoms. The molecular weight excluding hydrogens is 326 g/mol. The van der Waals surface area contributed by atoms with Crippen molar-refractivity contribution in [1.82, 2.24) is 15.2 Å². The van der Waals surface area contributed by atoms with E-state index in [1.165, 1.54) is 22.3 Å². The number of rotatable bonds is 4. The number of aromatic nitrogens is 1. The summed E-state index contributed by atoms with van der Waals surface area (Å²) < 4.78 is 0. The molecule has 7 heteroatoms. The Balaban J connectivity index is 1.78. The topological polar surface area (TPSA) is 79.4 Å². The van der Waals surface area contributed by atoms with E-state index in [2.05, 4.69) is 10.3 Å². The summed E-state index contributed by atoms with van der Waals surface area (Å²) in [6, 6.07) is 4.37. The lowest BCUT2D eigenvalue weighted by molar-refractivity contribution is 0.0609. The van der Waals surface area contributed by atoms with Crippen molar-refractivity contribution in [3.8, 4) is 0 Å². The average Bonchev–Trinajstić information content (AvgIpc) is 3.06. The van der Waals surface area contributed by atoms with Gasteiger partial charge in [-0.15, -0.1) is 11.3 Å². The number of benzene rings is 1. The third kappa shape index (κ3) is 2.82. The molecule has 0 aliphatic carbocycles. The van der Waals surface area contributed by atoms with E-state index in [1.807, 2.05) is 12.3 Å². The second kappa shape index (κ2) is 6.16. The number of fused-ring (bicyclic) bond motifs is 1. The van der Waals surface area contributed by atoms with Gasteiger partial charge >= 0.3 is 0 Å². The van der Waals surface area contributed by atoms with Crippen LogP contribution in [0.15, 0.2) is 23.6 Å². The third-order valence-corrected chi connectivity index (χ3v) is 4.62. The first-order valence-electron chi connectivity index (χ1n) is 7.59. The van der Waals surface area contributed by atoms with Gasteiger partial charge in [0.25, 0.3) is 17.7 Å². The standard InChI is InChI=1S/C17H17N3O3S/c1-9(2)20-16(22)13-5-4-11(6-14(13)17(20)23)15(21)18-7-12-8-24-10(3)19-12/h4-6,8-9H,7H2,1-3H3,(H,18,21). The Morgan fingerprint density at radius 2 is 1.96 bits per heavy atom. The van der Waals surface area contributed by atoms with E-state index in [0.717, 1.165) is 10.7 Å². The molecule has 0 saturated carbocycles. The summed E-state index contributed by atoms with van der Waals surface area (Å²) in [5.74, 6) is -0.962. The summed E-state index contributed by atoms with van der Waals surface area (Å²) in [5, 5.41) is 5.60. The van der Waals surface area contributed by atoms with Crippen LogP contribution in [0.25, 0.3) is 0 Å². The first-order chi connectivity index (χ1) is 11.4. The lowest BCUT2D eigenvalue weighted by Gasteiger charge is -2.17. The van der Waals surface area contributed by atoms with Crippen LogP contribution in [0.5, 0.6) is 0 Å². The van der Waals surface area contributed by atoms with Crippen LogP contribution in [0.4, 0.5) is 0 Å². The maximum absolute atomic E-state index is 12.4. The minimum Gasteiger partial charge on any atom is -0.346 e. The van der Waals surface area contributed by atoms with Crippen LogP contribution >= 0.6 is 11.3 Å². The Labute approximate surface area is 143 Å². The van der Waals surface area contributed by atoms with Crippen LogP contribution in [-0.2, 0) is 6.54 Å². The number of nitrogens with zero attached hydrogens (tertiary/aromatic N) is 2. The molecular formula is C17H17N3O3S. The third-order valence-electron chi connectivity index (χ3n) is 3.79. The SMILES string of the molecule is Cc1nc(CNC(=O)c2ccc3c(c2)C(=O)N(C(C)C)C3=O)cs1. The maximum atomic E-state index is 12.4. The molecule has 1 aromatic heterocycles. The molecule has 1 aliphatic rings. The molecule has 3 rings (SSSR count). The molecule has 0 spiro atoms. The summed E-state index contributed by atoms with van der Waals surface area (Å²) in [4.78, 5) is 42.4. The Morgan fingerprint density at radius 1 is 1.25 bits per heavy atom. The van der Waals surface area contributed by atoms with Crippen LogP contribution in [0.3, 0.4) is 0 Å². The van der Waals surface area contributed by atoms with Crippen LogP contribution in [0.2, 0.25) is 0 Å². The fourth-order valence-electron chi connectivity index (χ4n) is 2.63. The highest BCUT2D eigenvalue weighted by Gasteiger charge is 2.37. The molecule has 0 saturated heterocycles. The van der Waals surface area contributed by atoms with Gasteiger partial charge in [0.1, 0.15) is 0 Å². The van der Waals surface area contributed by atoms with Crippen molar-refractivity contribution in [3.63, 3.8) is 0 Å². The Bertz CT molecular complexity index is 841. The molecule has 0 atom stereocenters. The van der Waals surface area contributed by atoms with E-state index in [-0.39, 0.29) is 29.3 Å². The number of nitrogens with one attached hydrogen (secondary N) is 1. The highest BCUT2D eigenvalue weighted by molar-refractivity contribution is 7.09. The van der Waals surface area contributed by atoms with Gasteiger partial charge < -0.3 is 5.32 Å². The minimum atomic E-state index is -0.352. The van der Waals surface area contributed by atoms with Crippen molar-refractivity contribution in [2.24, 2.45) is 0 Å². The number of thiazole rings is 1. The molecule has 1 aromatic carbocycles. The number of hydrogen-bond donors (Lipinski definition) is 1. The molecule has 0 bridgehead atoms. The van der Waals surface area contributed by atoms with E-state index in [1.54, 1.807) is 26.0 Å². The van der Waals surface area contributed by atoms with E-state index >= 15 is 0 Å². The van der Waals surface area contributed by atoms with E-state index in [0.29, 0.717) is 17.7 Å². The number of amides is 3. The lowest BCUT2D eigenvalue weighted by atomic mass is 10.1. The van der Waals surface area contributed by atoms with Gasteiger partial charge in [0.05, 0.1) is 28.4 Å². The second-order valence-corrected chi connectivity index (χ2v) is 6.94. The van der Waals surface area contributed by atoms with Crippen LogP contribution in [-0.4, -0.2) is 33.6 Å². The van der Waals surface area contributed by atoms with Crippen molar-refractivity contribution in [2.75, 3.05) is 0 Å². The number of carbonyl (C=O) groups is 3. The van der Waals surface area contributed by atoms with Gasteiger partial charge in [-0.3, -0.25) is 19.3 Å². The highest BCUT2D eigenvalue weighted by atomic mass is 32.1. The molecule has 0 fully saturated rings. The zero-order valence-electron chi connectivity index (χ0n) is 13.6. The average molecular weight is 343 g/mol. The first-order valence-corrected chi connectivity index (χ1v) is 8.47. The number of carbonyl (C=O) groups excluding carboxylic acids is 3. The van der Waals surface area contributed by atoms with Gasteiger partial charge in [-0.2, -0.15) is 0 Å². The van der Waals surface area contributed by atoms with Gasteiger partial charge in [-0.25, -0.2) is 4.98 Å². The summed E-state index contributed by atoms with van der Waals surface area (Å²) in [6.07, 6.45) is 0. The first kappa shape index (κ1) is 16.3. The summed E-state index contributed by atoms with van der Waals surface area (Å²) in [5.41, 5.74) is 1.78. The fourth-order valence-corrected chi connectivity index (χ4v) is 3.24. The van der Waals surface area contributed by atoms with Crippen LogP contribution < -0.4 is 5.32 Å². The minimum absolute atomic E-state index is 0.220. The molecule has 0 unspecified atom stereocenters. The van der Waals surface area contributed by atoms with E-state index in [9.17, 15) is 14.4 Å². The van der Waals surface area contributed by atoms with Crippen LogP contribution in [0, 0.1) is 6.92 Å². The van der Waals surface area contributed by atoms with Crippen LogP contribution in [0.1, 0.15) is 55.6 Å². The number of aryl methyl sites for hydroxylation is 1. The van der Waals surface area contributed by atoms with Crippen molar-refractivity contribution in [1.29, 1.82) is 0 Å². The quantitative estimate of drug-likeness (QED) is 0.865. The van der Waals surface area contributed by atoms with Crippen molar-refractivity contribution < 1.29 is 14.4 Å². The zero-order chi connectivity index (χ0) is 17.4. The molecule has 1 aliphatic heterocycles. The predicted octanol–water partition coefficient (Wildman–Crippen LogP) is 2.39. The van der Waals surface area contributed by atoms with Crippen molar-refractivity contribution >= 4 is 29.1 Å². The molecule has 3 amide bonds. The second-order valence-electron chi connectivity index (χ2n) is 5.87. The van der Waals surface area contributed by atoms with Gasteiger partial charge in [0.15, 0.2) is 0 Å². The summed E-state index contributed by atoms with van der Waals surface area (Å²) in [6.45, 7) is 5.79. The van der Waals surface area contributed by atoms with Gasteiger partial charge in [0, 0.05) is 17.0 Å². The smallest absolute Gasteiger partial charge is 0.261 e. The van der Waals surface area contributed by atoms with Crippen molar-refractivity contribution in [3.05, 3.63) is 51.0 Å².